The summed E-state index contributed by atoms with van der Waals surface area (Å²) in [7, 11) is 0. The van der Waals surface area contributed by atoms with E-state index >= 15 is 0 Å². The molecule has 1 aliphatic heterocycles. The normalized spacial score (nSPS) is 16.5. The Hall–Kier alpha value is -2.79. The maximum absolute atomic E-state index is 6.34. The fourth-order valence-corrected chi connectivity index (χ4v) is 3.26. The summed E-state index contributed by atoms with van der Waals surface area (Å²) in [6, 6.07) is 11.6. The van der Waals surface area contributed by atoms with Gasteiger partial charge in [0.15, 0.2) is 11.5 Å². The van der Waals surface area contributed by atoms with Crippen molar-refractivity contribution in [3.63, 3.8) is 0 Å². The Labute approximate surface area is 156 Å². The first-order valence-corrected chi connectivity index (χ1v) is 8.94. The lowest BCUT2D eigenvalue weighted by molar-refractivity contribution is 0.756. The highest BCUT2D eigenvalue weighted by Gasteiger charge is 2.18. The lowest BCUT2D eigenvalue weighted by Gasteiger charge is -2.10. The molecule has 0 spiro atoms. The van der Waals surface area contributed by atoms with Crippen LogP contribution in [0.3, 0.4) is 0 Å². The second-order valence-electron chi connectivity index (χ2n) is 6.20. The van der Waals surface area contributed by atoms with Crippen LogP contribution in [0.5, 0.6) is 0 Å². The van der Waals surface area contributed by atoms with E-state index in [1.165, 1.54) is 5.57 Å². The monoisotopic (exact) mass is 363 g/mol. The number of aromatic nitrogens is 3. The number of amidine groups is 1. The first kappa shape index (κ1) is 16.7. The maximum atomic E-state index is 6.34. The Morgan fingerprint density at radius 1 is 1.12 bits per heavy atom. The topological polar surface area (TPSA) is 63.1 Å². The van der Waals surface area contributed by atoms with Crippen LogP contribution < -0.4 is 5.32 Å². The molecular weight excluding hydrogens is 346 g/mol. The predicted molar refractivity (Wildman–Crippen MR) is 107 cm³/mol. The van der Waals surface area contributed by atoms with Crippen molar-refractivity contribution in [2.45, 2.75) is 26.3 Å². The number of rotatable bonds is 3. The van der Waals surface area contributed by atoms with Crippen molar-refractivity contribution >= 4 is 34.3 Å². The predicted octanol–water partition coefficient (Wildman–Crippen LogP) is 4.89. The van der Waals surface area contributed by atoms with Gasteiger partial charge in [0.2, 0.25) is 0 Å². The van der Waals surface area contributed by atoms with E-state index < -0.39 is 0 Å². The Morgan fingerprint density at radius 3 is 2.73 bits per heavy atom. The smallest absolute Gasteiger partial charge is 0.165 e. The number of benzene rings is 1. The first-order valence-electron chi connectivity index (χ1n) is 8.56. The van der Waals surface area contributed by atoms with Crippen molar-refractivity contribution in [1.29, 1.82) is 0 Å². The molecule has 2 aromatic heterocycles. The average Bonchev–Trinajstić information content (AvgIpc) is 3.01. The molecule has 26 heavy (non-hydrogen) atoms. The fraction of sp³-hybridized carbons (Fsp3) is 0.200. The highest BCUT2D eigenvalue weighted by Crippen LogP contribution is 2.29. The molecule has 1 unspecified atom stereocenters. The molecule has 3 aromatic rings. The van der Waals surface area contributed by atoms with Crippen molar-refractivity contribution in [3.8, 4) is 11.4 Å². The van der Waals surface area contributed by atoms with E-state index in [9.17, 15) is 0 Å². The molecule has 3 heterocycles. The number of aliphatic imine (C=N–C) groups is 1. The molecule has 1 atom stereocenters. The SMILES string of the molecule is CCC1N=C(Nc2nc(-c3ccccc3Cl)nc3ncccc23)C=C1C. The molecule has 1 aromatic carbocycles. The zero-order valence-corrected chi connectivity index (χ0v) is 15.3. The molecular formula is C20H18ClN5. The van der Waals surface area contributed by atoms with Crippen LogP contribution in [0, 0.1) is 0 Å². The largest absolute Gasteiger partial charge is 0.325 e. The van der Waals surface area contributed by atoms with Gasteiger partial charge >= 0.3 is 0 Å². The summed E-state index contributed by atoms with van der Waals surface area (Å²) < 4.78 is 0. The summed E-state index contributed by atoms with van der Waals surface area (Å²) in [4.78, 5) is 18.4. The minimum absolute atomic E-state index is 0.228. The Balaban J connectivity index is 1.82. The van der Waals surface area contributed by atoms with Crippen LogP contribution in [-0.2, 0) is 0 Å². The average molecular weight is 364 g/mol. The Bertz CT molecular complexity index is 1040. The lowest BCUT2D eigenvalue weighted by Crippen LogP contribution is -2.11. The van der Waals surface area contributed by atoms with Gasteiger partial charge in [-0.3, -0.25) is 4.99 Å². The highest BCUT2D eigenvalue weighted by molar-refractivity contribution is 6.33. The number of hydrogen-bond acceptors (Lipinski definition) is 5. The third-order valence-corrected chi connectivity index (χ3v) is 4.73. The van der Waals surface area contributed by atoms with E-state index in [1.807, 2.05) is 36.4 Å². The summed E-state index contributed by atoms with van der Waals surface area (Å²) in [5.74, 6) is 2.02. The summed E-state index contributed by atoms with van der Waals surface area (Å²) in [5, 5.41) is 4.80. The van der Waals surface area contributed by atoms with Crippen molar-refractivity contribution in [2.24, 2.45) is 4.99 Å². The number of hydrogen-bond donors (Lipinski definition) is 1. The van der Waals surface area contributed by atoms with Crippen LogP contribution in [0.2, 0.25) is 5.02 Å². The second kappa shape index (κ2) is 6.84. The minimum Gasteiger partial charge on any atom is -0.325 e. The molecule has 1 N–H and O–H groups in total. The van der Waals surface area contributed by atoms with Crippen molar-refractivity contribution in [3.05, 3.63) is 59.3 Å². The van der Waals surface area contributed by atoms with Crippen LogP contribution in [-0.4, -0.2) is 26.8 Å². The molecule has 4 rings (SSSR count). The molecule has 0 amide bonds. The summed E-state index contributed by atoms with van der Waals surface area (Å²) in [6.45, 7) is 4.23. The van der Waals surface area contributed by atoms with Gasteiger partial charge in [0.05, 0.1) is 16.5 Å². The van der Waals surface area contributed by atoms with Crippen LogP contribution in [0.1, 0.15) is 20.3 Å². The van der Waals surface area contributed by atoms with Crippen LogP contribution in [0.4, 0.5) is 5.82 Å². The number of nitrogens with zero attached hydrogens (tertiary/aromatic N) is 4. The number of nitrogens with one attached hydrogen (secondary N) is 1. The second-order valence-corrected chi connectivity index (χ2v) is 6.61. The Morgan fingerprint density at radius 2 is 1.96 bits per heavy atom. The van der Waals surface area contributed by atoms with Crippen molar-refractivity contribution < 1.29 is 0 Å². The van der Waals surface area contributed by atoms with E-state index in [-0.39, 0.29) is 6.04 Å². The molecule has 0 saturated heterocycles. The zero-order chi connectivity index (χ0) is 18.1. The third-order valence-electron chi connectivity index (χ3n) is 4.40. The maximum Gasteiger partial charge on any atom is 0.165 e. The standard InChI is InChI=1S/C20H18ClN5/c1-3-16-12(2)11-17(23-16)24-20-14-8-6-10-22-18(14)25-19(26-20)13-7-4-5-9-15(13)21/h4-11,16H,3H2,1-2H3,(H,22,23,24,25,26). The quantitative estimate of drug-likeness (QED) is 0.719. The van der Waals surface area contributed by atoms with Crippen molar-refractivity contribution in [1.82, 2.24) is 15.0 Å². The highest BCUT2D eigenvalue weighted by atomic mass is 35.5. The summed E-state index contributed by atoms with van der Waals surface area (Å²) >= 11 is 6.34. The van der Waals surface area contributed by atoms with Crippen LogP contribution in [0.25, 0.3) is 22.4 Å². The van der Waals surface area contributed by atoms with E-state index in [0.29, 0.717) is 22.3 Å². The molecule has 0 saturated carbocycles. The van der Waals surface area contributed by atoms with E-state index in [0.717, 1.165) is 23.2 Å². The van der Waals surface area contributed by atoms with E-state index in [2.05, 4.69) is 35.2 Å². The fourth-order valence-electron chi connectivity index (χ4n) is 3.04. The van der Waals surface area contributed by atoms with Gasteiger partial charge in [-0.25, -0.2) is 15.0 Å². The number of anilines is 1. The van der Waals surface area contributed by atoms with Crippen molar-refractivity contribution in [2.75, 3.05) is 5.32 Å². The third kappa shape index (κ3) is 3.06. The van der Waals surface area contributed by atoms with Gasteiger partial charge < -0.3 is 5.32 Å². The first-order chi connectivity index (χ1) is 12.7. The van der Waals surface area contributed by atoms with E-state index in [4.69, 9.17) is 21.6 Å². The molecule has 0 radical (unpaired) electrons. The molecule has 0 fully saturated rings. The molecule has 1 aliphatic rings. The molecule has 130 valence electrons. The minimum atomic E-state index is 0.228. The van der Waals surface area contributed by atoms with Gasteiger partial charge in [0, 0.05) is 11.8 Å². The molecule has 0 aliphatic carbocycles. The lowest BCUT2D eigenvalue weighted by atomic mass is 10.1. The van der Waals surface area contributed by atoms with Gasteiger partial charge in [-0.1, -0.05) is 30.7 Å². The number of halogens is 1. The summed E-state index contributed by atoms with van der Waals surface area (Å²) in [6.07, 6.45) is 4.76. The van der Waals surface area contributed by atoms with E-state index in [1.54, 1.807) is 6.20 Å². The molecule has 6 heteroatoms. The molecule has 5 nitrogen and oxygen atoms in total. The van der Waals surface area contributed by atoms with Crippen LogP contribution >= 0.6 is 11.6 Å². The Kier molecular flexibility index (Phi) is 4.39. The number of pyridine rings is 1. The van der Waals surface area contributed by atoms with Gasteiger partial charge in [0.25, 0.3) is 0 Å². The van der Waals surface area contributed by atoms with Gasteiger partial charge in [0.1, 0.15) is 11.7 Å². The van der Waals surface area contributed by atoms with Gasteiger partial charge in [-0.05, 0) is 49.3 Å². The van der Waals surface area contributed by atoms with Gasteiger partial charge in [-0.2, -0.15) is 0 Å². The molecule has 0 bridgehead atoms. The number of fused-ring (bicyclic) bond motifs is 1. The van der Waals surface area contributed by atoms with Crippen LogP contribution in [0.15, 0.2) is 59.2 Å². The summed E-state index contributed by atoms with van der Waals surface area (Å²) in [5.41, 5.74) is 2.64. The zero-order valence-electron chi connectivity index (χ0n) is 14.6. The van der Waals surface area contributed by atoms with Gasteiger partial charge in [-0.15, -0.1) is 0 Å².